The fourth-order valence-corrected chi connectivity index (χ4v) is 3.57. The molecule has 4 rings (SSSR count). The molecule has 0 spiro atoms. The molecule has 0 saturated heterocycles. The van der Waals surface area contributed by atoms with Crippen molar-refractivity contribution in [3.05, 3.63) is 63.4 Å². The van der Waals surface area contributed by atoms with Crippen LogP contribution in [0.15, 0.2) is 47.5 Å². The summed E-state index contributed by atoms with van der Waals surface area (Å²) in [6.07, 6.45) is -1.87. The SMILES string of the molecule is CCOc1ccccc1-n1c(=S)[nH]c(=O)c2c(C(F)(F)F)cc(-c3cnn(C)c3)nc21. The Balaban J connectivity index is 2.18. The molecule has 0 radical (unpaired) electrons. The number of nitrogens with zero attached hydrogens (tertiary/aromatic N) is 4. The molecule has 0 atom stereocenters. The largest absolute Gasteiger partial charge is 0.492 e. The summed E-state index contributed by atoms with van der Waals surface area (Å²) in [7, 11) is 1.64. The number of H-pyrrole nitrogens is 1. The van der Waals surface area contributed by atoms with Gasteiger partial charge < -0.3 is 4.74 Å². The fourth-order valence-electron chi connectivity index (χ4n) is 3.30. The van der Waals surface area contributed by atoms with Gasteiger partial charge in [-0.15, -0.1) is 0 Å². The Labute approximate surface area is 178 Å². The third-order valence-electron chi connectivity index (χ3n) is 4.57. The highest BCUT2D eigenvalue weighted by molar-refractivity contribution is 7.71. The molecule has 1 N–H and O–H groups in total. The summed E-state index contributed by atoms with van der Waals surface area (Å²) in [6.45, 7) is 2.11. The van der Waals surface area contributed by atoms with E-state index in [2.05, 4.69) is 15.1 Å². The van der Waals surface area contributed by atoms with Gasteiger partial charge in [0.1, 0.15) is 5.75 Å². The van der Waals surface area contributed by atoms with Crippen LogP contribution in [0.4, 0.5) is 13.2 Å². The van der Waals surface area contributed by atoms with Crippen molar-refractivity contribution in [2.75, 3.05) is 6.61 Å². The molecule has 11 heteroatoms. The zero-order valence-corrected chi connectivity index (χ0v) is 17.2. The van der Waals surface area contributed by atoms with Crippen LogP contribution in [0.25, 0.3) is 28.0 Å². The van der Waals surface area contributed by atoms with Crippen LogP contribution in [-0.4, -0.2) is 30.9 Å². The van der Waals surface area contributed by atoms with Gasteiger partial charge in [0.05, 0.1) is 35.1 Å². The summed E-state index contributed by atoms with van der Waals surface area (Å²) in [5.41, 5.74) is -1.58. The average Bonchev–Trinajstić information content (AvgIpc) is 3.14. The van der Waals surface area contributed by atoms with E-state index in [0.717, 1.165) is 6.07 Å². The number of ether oxygens (including phenoxy) is 1. The van der Waals surface area contributed by atoms with Crippen LogP contribution in [0.3, 0.4) is 0 Å². The molecule has 1 aromatic carbocycles. The molecule has 0 aliphatic heterocycles. The summed E-state index contributed by atoms with van der Waals surface area (Å²) < 4.78 is 50.2. The standard InChI is InChI=1S/C20H16F3N5O2S/c1-3-30-15-7-5-4-6-14(15)28-17-16(18(29)26-19(28)31)12(20(21,22)23)8-13(25-17)11-9-24-27(2)10-11/h4-10H,3H2,1-2H3,(H,26,29,31). The molecular weight excluding hydrogens is 431 g/mol. The zero-order chi connectivity index (χ0) is 22.3. The van der Waals surface area contributed by atoms with Gasteiger partial charge in [0, 0.05) is 18.8 Å². The normalized spacial score (nSPS) is 11.8. The van der Waals surface area contributed by atoms with E-state index in [0.29, 0.717) is 23.6 Å². The number of hydrogen-bond donors (Lipinski definition) is 1. The predicted molar refractivity (Wildman–Crippen MR) is 111 cm³/mol. The lowest BCUT2D eigenvalue weighted by Gasteiger charge is -2.17. The van der Waals surface area contributed by atoms with Crippen molar-refractivity contribution < 1.29 is 17.9 Å². The minimum absolute atomic E-state index is 0.00978. The van der Waals surface area contributed by atoms with Crippen LogP contribution < -0.4 is 10.3 Å². The smallest absolute Gasteiger partial charge is 0.417 e. The highest BCUT2D eigenvalue weighted by Gasteiger charge is 2.36. The van der Waals surface area contributed by atoms with Gasteiger partial charge in [0.25, 0.3) is 5.56 Å². The van der Waals surface area contributed by atoms with Gasteiger partial charge in [-0.05, 0) is 37.3 Å². The highest BCUT2D eigenvalue weighted by Crippen LogP contribution is 2.36. The second-order valence-corrected chi connectivity index (χ2v) is 7.04. The number of alkyl halides is 3. The number of para-hydroxylation sites is 2. The van der Waals surface area contributed by atoms with Crippen molar-refractivity contribution in [3.8, 4) is 22.7 Å². The minimum atomic E-state index is -4.80. The number of halogens is 3. The van der Waals surface area contributed by atoms with Gasteiger partial charge in [-0.2, -0.15) is 18.3 Å². The third-order valence-corrected chi connectivity index (χ3v) is 4.86. The molecule has 0 bridgehead atoms. The van der Waals surface area contributed by atoms with Crippen molar-refractivity contribution in [1.29, 1.82) is 0 Å². The fraction of sp³-hybridized carbons (Fsp3) is 0.200. The van der Waals surface area contributed by atoms with E-state index in [1.54, 1.807) is 38.2 Å². The van der Waals surface area contributed by atoms with Gasteiger partial charge in [0.15, 0.2) is 10.4 Å². The van der Waals surface area contributed by atoms with Gasteiger partial charge in [-0.3, -0.25) is 19.0 Å². The van der Waals surface area contributed by atoms with Crippen molar-refractivity contribution in [2.24, 2.45) is 7.05 Å². The average molecular weight is 447 g/mol. The second-order valence-electron chi connectivity index (χ2n) is 6.65. The number of aryl methyl sites for hydroxylation is 1. The lowest BCUT2D eigenvalue weighted by Crippen LogP contribution is -2.20. The molecule has 31 heavy (non-hydrogen) atoms. The van der Waals surface area contributed by atoms with Crippen molar-refractivity contribution >= 4 is 23.3 Å². The number of rotatable bonds is 4. The molecule has 3 aromatic heterocycles. The molecule has 0 amide bonds. The van der Waals surface area contributed by atoms with Crippen LogP contribution in [0.2, 0.25) is 0 Å². The first-order valence-corrected chi connectivity index (χ1v) is 9.60. The van der Waals surface area contributed by atoms with Crippen LogP contribution >= 0.6 is 12.2 Å². The first-order chi connectivity index (χ1) is 14.7. The van der Waals surface area contributed by atoms with Crippen LogP contribution in [0.1, 0.15) is 12.5 Å². The number of aromatic nitrogens is 5. The van der Waals surface area contributed by atoms with Crippen LogP contribution in [0.5, 0.6) is 5.75 Å². The molecule has 0 saturated carbocycles. The molecule has 7 nitrogen and oxygen atoms in total. The monoisotopic (exact) mass is 447 g/mol. The van der Waals surface area contributed by atoms with E-state index >= 15 is 0 Å². The lowest BCUT2D eigenvalue weighted by molar-refractivity contribution is -0.136. The summed E-state index contributed by atoms with van der Waals surface area (Å²) >= 11 is 5.31. The number of fused-ring (bicyclic) bond motifs is 1. The number of benzene rings is 1. The molecule has 0 aliphatic rings. The van der Waals surface area contributed by atoms with E-state index in [-0.39, 0.29) is 16.1 Å². The van der Waals surface area contributed by atoms with Gasteiger partial charge >= 0.3 is 6.18 Å². The van der Waals surface area contributed by atoms with Gasteiger partial charge in [0.2, 0.25) is 0 Å². The Morgan fingerprint density at radius 2 is 2.00 bits per heavy atom. The van der Waals surface area contributed by atoms with E-state index in [9.17, 15) is 18.0 Å². The molecular formula is C20H16F3N5O2S. The lowest BCUT2D eigenvalue weighted by atomic mass is 10.1. The first-order valence-electron chi connectivity index (χ1n) is 9.19. The first kappa shape index (κ1) is 20.8. The van der Waals surface area contributed by atoms with Crippen molar-refractivity contribution in [1.82, 2.24) is 24.3 Å². The highest BCUT2D eigenvalue weighted by atomic mass is 32.1. The maximum Gasteiger partial charge on any atom is 0.417 e. The third kappa shape index (κ3) is 3.72. The Morgan fingerprint density at radius 3 is 2.65 bits per heavy atom. The van der Waals surface area contributed by atoms with E-state index in [1.165, 1.54) is 21.6 Å². The summed E-state index contributed by atoms with van der Waals surface area (Å²) in [6, 6.07) is 7.54. The number of hydrogen-bond acceptors (Lipinski definition) is 5. The summed E-state index contributed by atoms with van der Waals surface area (Å²) in [5.74, 6) is 0.386. The predicted octanol–water partition coefficient (Wildman–Crippen LogP) is 4.26. The molecule has 4 aromatic rings. The zero-order valence-electron chi connectivity index (χ0n) is 16.4. The van der Waals surface area contributed by atoms with Crippen molar-refractivity contribution in [3.63, 3.8) is 0 Å². The van der Waals surface area contributed by atoms with E-state index in [1.807, 2.05) is 0 Å². The van der Waals surface area contributed by atoms with E-state index in [4.69, 9.17) is 17.0 Å². The Kier molecular flexibility index (Phi) is 5.13. The molecule has 160 valence electrons. The van der Waals surface area contributed by atoms with Crippen molar-refractivity contribution in [2.45, 2.75) is 13.1 Å². The number of aromatic amines is 1. The Morgan fingerprint density at radius 1 is 1.26 bits per heavy atom. The quantitative estimate of drug-likeness (QED) is 0.473. The van der Waals surface area contributed by atoms with Gasteiger partial charge in [-0.25, -0.2) is 4.98 Å². The molecule has 3 heterocycles. The number of nitrogens with one attached hydrogen (secondary N) is 1. The maximum atomic E-state index is 14.0. The summed E-state index contributed by atoms with van der Waals surface area (Å²) in [5, 5.41) is 3.39. The topological polar surface area (TPSA) is 77.7 Å². The number of pyridine rings is 1. The summed E-state index contributed by atoms with van der Waals surface area (Å²) in [4.78, 5) is 19.3. The molecule has 0 aliphatic carbocycles. The van der Waals surface area contributed by atoms with E-state index < -0.39 is 22.7 Å². The minimum Gasteiger partial charge on any atom is -0.492 e. The van der Waals surface area contributed by atoms with Gasteiger partial charge in [-0.1, -0.05) is 12.1 Å². The molecule has 0 unspecified atom stereocenters. The maximum absolute atomic E-state index is 14.0. The molecule has 0 fully saturated rings. The Bertz CT molecular complexity index is 1400. The van der Waals surface area contributed by atoms with Crippen LogP contribution in [0, 0.1) is 4.77 Å². The second kappa shape index (κ2) is 7.65. The van der Waals surface area contributed by atoms with Crippen LogP contribution in [-0.2, 0) is 13.2 Å². The Hall–Kier alpha value is -3.47.